The highest BCUT2D eigenvalue weighted by molar-refractivity contribution is 7.18. The number of nitrogens with zero attached hydrogens (tertiary/aromatic N) is 1. The number of thiazole rings is 1. The predicted molar refractivity (Wildman–Crippen MR) is 72.0 cm³/mol. The summed E-state index contributed by atoms with van der Waals surface area (Å²) in [5, 5.41) is 1.31. The van der Waals surface area contributed by atoms with Crippen LogP contribution in [0.15, 0.2) is 24.3 Å². The molecule has 1 aromatic carbocycles. The van der Waals surface area contributed by atoms with Crippen LogP contribution >= 0.6 is 11.3 Å². The molecule has 0 aliphatic heterocycles. The number of hydrogen-bond acceptors (Lipinski definition) is 2. The molecule has 0 radical (unpaired) electrons. The second-order valence-corrected chi connectivity index (χ2v) is 5.46. The van der Waals surface area contributed by atoms with E-state index in [4.69, 9.17) is 4.98 Å². The lowest BCUT2D eigenvalue weighted by Crippen LogP contribution is -2.02. The predicted octanol–water partition coefficient (Wildman–Crippen LogP) is 4.67. The van der Waals surface area contributed by atoms with Crippen LogP contribution in [0.4, 0.5) is 0 Å². The van der Waals surface area contributed by atoms with Crippen molar-refractivity contribution in [2.45, 2.75) is 39.5 Å². The first-order valence-electron chi connectivity index (χ1n) is 6.18. The van der Waals surface area contributed by atoms with E-state index in [1.165, 1.54) is 29.0 Å². The highest BCUT2D eigenvalue weighted by atomic mass is 32.1. The Labute approximate surface area is 102 Å². The summed E-state index contributed by atoms with van der Waals surface area (Å²) in [7, 11) is 0. The summed E-state index contributed by atoms with van der Waals surface area (Å²) in [5.74, 6) is 0.811. The van der Waals surface area contributed by atoms with Crippen LogP contribution in [0.3, 0.4) is 0 Å². The Hall–Kier alpha value is -0.890. The third-order valence-electron chi connectivity index (χ3n) is 3.08. The van der Waals surface area contributed by atoms with Crippen LogP contribution in [0.5, 0.6) is 0 Å². The van der Waals surface area contributed by atoms with Crippen LogP contribution in [0.1, 0.15) is 38.1 Å². The zero-order valence-electron chi connectivity index (χ0n) is 10.1. The number of benzene rings is 1. The average molecular weight is 233 g/mol. The lowest BCUT2D eigenvalue weighted by molar-refractivity contribution is 0.462. The molecule has 1 atom stereocenters. The summed E-state index contributed by atoms with van der Waals surface area (Å²) in [5.41, 5.74) is 1.16. The molecule has 0 aliphatic rings. The molecule has 1 nitrogen and oxygen atoms in total. The summed E-state index contributed by atoms with van der Waals surface area (Å²) in [4.78, 5) is 4.70. The van der Waals surface area contributed by atoms with Crippen molar-refractivity contribution in [1.29, 1.82) is 0 Å². The molecule has 1 heterocycles. The third-order valence-corrected chi connectivity index (χ3v) is 4.13. The second kappa shape index (κ2) is 5.44. The van der Waals surface area contributed by atoms with E-state index in [0.717, 1.165) is 17.9 Å². The lowest BCUT2D eigenvalue weighted by Gasteiger charge is -2.10. The van der Waals surface area contributed by atoms with Crippen LogP contribution < -0.4 is 0 Å². The van der Waals surface area contributed by atoms with Gasteiger partial charge in [-0.15, -0.1) is 11.3 Å². The van der Waals surface area contributed by atoms with Gasteiger partial charge in [0.2, 0.25) is 0 Å². The fourth-order valence-corrected chi connectivity index (χ4v) is 3.19. The Kier molecular flexibility index (Phi) is 3.94. The molecule has 16 heavy (non-hydrogen) atoms. The van der Waals surface area contributed by atoms with E-state index in [-0.39, 0.29) is 0 Å². The van der Waals surface area contributed by atoms with Crippen molar-refractivity contribution < 1.29 is 0 Å². The van der Waals surface area contributed by atoms with Gasteiger partial charge < -0.3 is 0 Å². The number of aromatic nitrogens is 1. The zero-order valence-corrected chi connectivity index (χ0v) is 10.9. The molecular formula is C14H19NS. The summed E-state index contributed by atoms with van der Waals surface area (Å²) in [6.45, 7) is 4.55. The zero-order chi connectivity index (χ0) is 11.4. The van der Waals surface area contributed by atoms with E-state index in [1.54, 1.807) is 0 Å². The summed E-state index contributed by atoms with van der Waals surface area (Å²) in [6.07, 6.45) is 5.03. The number of rotatable bonds is 5. The first kappa shape index (κ1) is 11.6. The van der Waals surface area contributed by atoms with Crippen molar-refractivity contribution in [2.75, 3.05) is 0 Å². The van der Waals surface area contributed by atoms with Crippen molar-refractivity contribution in [1.82, 2.24) is 4.98 Å². The average Bonchev–Trinajstić information content (AvgIpc) is 2.70. The van der Waals surface area contributed by atoms with Crippen LogP contribution in [-0.2, 0) is 6.42 Å². The van der Waals surface area contributed by atoms with Crippen molar-refractivity contribution >= 4 is 21.6 Å². The van der Waals surface area contributed by atoms with Crippen molar-refractivity contribution in [3.05, 3.63) is 29.3 Å². The molecule has 1 unspecified atom stereocenters. The van der Waals surface area contributed by atoms with E-state index in [9.17, 15) is 0 Å². The highest BCUT2D eigenvalue weighted by Gasteiger charge is 2.10. The maximum Gasteiger partial charge on any atom is 0.0941 e. The van der Waals surface area contributed by atoms with Gasteiger partial charge in [0.1, 0.15) is 0 Å². The smallest absolute Gasteiger partial charge is 0.0941 e. The molecule has 0 bridgehead atoms. The second-order valence-electron chi connectivity index (χ2n) is 4.34. The quantitative estimate of drug-likeness (QED) is 0.731. The van der Waals surface area contributed by atoms with Gasteiger partial charge in [-0.2, -0.15) is 0 Å². The highest BCUT2D eigenvalue weighted by Crippen LogP contribution is 2.25. The van der Waals surface area contributed by atoms with Gasteiger partial charge in [-0.1, -0.05) is 45.2 Å². The minimum atomic E-state index is 0.811. The third kappa shape index (κ3) is 2.62. The molecule has 2 heteroatoms. The van der Waals surface area contributed by atoms with E-state index in [1.807, 2.05) is 11.3 Å². The summed E-state index contributed by atoms with van der Waals surface area (Å²) in [6, 6.07) is 8.43. The van der Waals surface area contributed by atoms with Crippen LogP contribution in [0.25, 0.3) is 10.2 Å². The molecule has 0 saturated heterocycles. The van der Waals surface area contributed by atoms with E-state index in [0.29, 0.717) is 0 Å². The Bertz CT molecular complexity index is 414. The monoisotopic (exact) mass is 233 g/mol. The van der Waals surface area contributed by atoms with Crippen LogP contribution in [0, 0.1) is 5.92 Å². The van der Waals surface area contributed by atoms with E-state index in [2.05, 4.69) is 38.1 Å². The molecule has 0 spiro atoms. The van der Waals surface area contributed by atoms with Gasteiger partial charge in [-0.05, 0) is 18.1 Å². The molecule has 0 aliphatic carbocycles. The maximum atomic E-state index is 4.70. The minimum absolute atomic E-state index is 0.811. The number of hydrogen-bond donors (Lipinski definition) is 0. The maximum absolute atomic E-state index is 4.70. The molecule has 86 valence electrons. The van der Waals surface area contributed by atoms with Gasteiger partial charge in [-0.3, -0.25) is 0 Å². The molecule has 0 fully saturated rings. The Morgan fingerprint density at radius 3 is 2.75 bits per heavy atom. The van der Waals surface area contributed by atoms with Gasteiger partial charge in [0.05, 0.1) is 15.2 Å². The fraction of sp³-hybridized carbons (Fsp3) is 0.500. The van der Waals surface area contributed by atoms with Crippen molar-refractivity contribution in [3.63, 3.8) is 0 Å². The van der Waals surface area contributed by atoms with Crippen molar-refractivity contribution in [2.24, 2.45) is 5.92 Å². The molecule has 2 aromatic rings. The standard InChI is InChI=1S/C14H19NS/c1-3-7-11(4-2)10-14-15-12-8-5-6-9-13(12)16-14/h5-6,8-9,11H,3-4,7,10H2,1-2H3. The number of para-hydroxylation sites is 1. The molecule has 1 aromatic heterocycles. The Morgan fingerprint density at radius 2 is 2.06 bits per heavy atom. The van der Waals surface area contributed by atoms with Gasteiger partial charge in [-0.25, -0.2) is 4.98 Å². The first-order chi connectivity index (χ1) is 7.83. The molecule has 0 N–H and O–H groups in total. The summed E-state index contributed by atoms with van der Waals surface area (Å²) < 4.78 is 1.32. The molecule has 2 rings (SSSR count). The Morgan fingerprint density at radius 1 is 1.25 bits per heavy atom. The normalized spacial score (nSPS) is 13.1. The largest absolute Gasteiger partial charge is 0.241 e. The van der Waals surface area contributed by atoms with Gasteiger partial charge in [0, 0.05) is 6.42 Å². The van der Waals surface area contributed by atoms with Crippen LogP contribution in [0.2, 0.25) is 0 Å². The Balaban J connectivity index is 2.14. The minimum Gasteiger partial charge on any atom is -0.241 e. The van der Waals surface area contributed by atoms with Gasteiger partial charge >= 0.3 is 0 Å². The lowest BCUT2D eigenvalue weighted by atomic mass is 9.97. The fourth-order valence-electron chi connectivity index (χ4n) is 2.11. The number of fused-ring (bicyclic) bond motifs is 1. The molecule has 0 amide bonds. The van der Waals surface area contributed by atoms with Crippen LogP contribution in [-0.4, -0.2) is 4.98 Å². The van der Waals surface area contributed by atoms with E-state index >= 15 is 0 Å². The SMILES string of the molecule is CCCC(CC)Cc1nc2ccccc2s1. The first-order valence-corrected chi connectivity index (χ1v) is 6.99. The van der Waals surface area contributed by atoms with Gasteiger partial charge in [0.15, 0.2) is 0 Å². The van der Waals surface area contributed by atoms with Gasteiger partial charge in [0.25, 0.3) is 0 Å². The van der Waals surface area contributed by atoms with Crippen molar-refractivity contribution in [3.8, 4) is 0 Å². The van der Waals surface area contributed by atoms with E-state index < -0.39 is 0 Å². The molecular weight excluding hydrogens is 214 g/mol. The summed E-state index contributed by atoms with van der Waals surface area (Å²) >= 11 is 1.86. The molecule has 0 saturated carbocycles. The topological polar surface area (TPSA) is 12.9 Å².